The summed E-state index contributed by atoms with van der Waals surface area (Å²) in [5.41, 5.74) is -0.759. The van der Waals surface area contributed by atoms with Crippen molar-refractivity contribution >= 4 is 12.0 Å². The maximum atomic E-state index is 13.5. The molecule has 1 aromatic heterocycles. The van der Waals surface area contributed by atoms with Crippen LogP contribution in [0.1, 0.15) is 36.3 Å². The Hall–Kier alpha value is -2.26. The zero-order valence-corrected chi connectivity index (χ0v) is 14.4. The summed E-state index contributed by atoms with van der Waals surface area (Å²) in [7, 11) is 1.53. The minimum atomic E-state index is -4.70. The van der Waals surface area contributed by atoms with Crippen LogP contribution < -0.4 is 5.32 Å². The highest BCUT2D eigenvalue weighted by Crippen LogP contribution is 2.37. The van der Waals surface area contributed by atoms with Gasteiger partial charge in [-0.05, 0) is 27.2 Å². The first-order valence-corrected chi connectivity index (χ1v) is 7.72. The standard InChI is InChI=1S/C15H21F3N4O3/c1-8-10(9(2)21(4)20-8)11(15(16,17)18)19-13(25)22-6-5-14(3,7-22)12(23)24/h11H,5-7H2,1-4H3,(H,19,25)(H,23,24). The second-order valence-electron chi connectivity index (χ2n) is 6.67. The van der Waals surface area contributed by atoms with E-state index in [1.54, 1.807) is 0 Å². The molecule has 2 heterocycles. The molecule has 25 heavy (non-hydrogen) atoms. The average molecular weight is 362 g/mol. The van der Waals surface area contributed by atoms with Gasteiger partial charge >= 0.3 is 18.2 Å². The fourth-order valence-corrected chi connectivity index (χ4v) is 3.05. The normalized spacial score (nSPS) is 22.1. The molecule has 0 aliphatic carbocycles. The van der Waals surface area contributed by atoms with Gasteiger partial charge in [0.15, 0.2) is 6.04 Å². The lowest BCUT2D eigenvalue weighted by Crippen LogP contribution is -2.46. The van der Waals surface area contributed by atoms with Gasteiger partial charge in [0.1, 0.15) is 0 Å². The molecule has 140 valence electrons. The smallest absolute Gasteiger partial charge is 0.413 e. The number of alkyl halides is 3. The van der Waals surface area contributed by atoms with Crippen molar-refractivity contribution in [2.24, 2.45) is 12.5 Å². The third kappa shape index (κ3) is 3.57. The van der Waals surface area contributed by atoms with Crippen molar-refractivity contribution in [1.29, 1.82) is 0 Å². The van der Waals surface area contributed by atoms with Crippen LogP contribution in [0.25, 0.3) is 0 Å². The van der Waals surface area contributed by atoms with Gasteiger partial charge in [-0.25, -0.2) is 4.79 Å². The Balaban J connectivity index is 2.25. The number of likely N-dealkylation sites (tertiary alicyclic amines) is 1. The number of aromatic nitrogens is 2. The Bertz CT molecular complexity index is 701. The largest absolute Gasteiger partial charge is 0.481 e. The Morgan fingerprint density at radius 3 is 2.36 bits per heavy atom. The van der Waals surface area contributed by atoms with Crippen molar-refractivity contribution in [3.63, 3.8) is 0 Å². The van der Waals surface area contributed by atoms with Gasteiger partial charge in [0, 0.05) is 31.4 Å². The van der Waals surface area contributed by atoms with E-state index in [4.69, 9.17) is 0 Å². The van der Waals surface area contributed by atoms with Gasteiger partial charge in [0.25, 0.3) is 0 Å². The third-order valence-electron chi connectivity index (χ3n) is 4.73. The Kier molecular flexibility index (Phi) is 4.75. The van der Waals surface area contributed by atoms with Gasteiger partial charge in [-0.2, -0.15) is 18.3 Å². The Labute approximate surface area is 142 Å². The first-order chi connectivity index (χ1) is 11.4. The predicted molar refractivity (Wildman–Crippen MR) is 81.9 cm³/mol. The second kappa shape index (κ2) is 6.23. The minimum Gasteiger partial charge on any atom is -0.481 e. The fourth-order valence-electron chi connectivity index (χ4n) is 3.05. The average Bonchev–Trinajstić information content (AvgIpc) is 2.99. The SMILES string of the molecule is Cc1nn(C)c(C)c1C(NC(=O)N1CCC(C)(C(=O)O)C1)C(F)(F)F. The van der Waals surface area contributed by atoms with E-state index in [1.165, 1.54) is 32.5 Å². The van der Waals surface area contributed by atoms with Crippen LogP contribution in [0.5, 0.6) is 0 Å². The van der Waals surface area contributed by atoms with Crippen molar-refractivity contribution in [2.45, 2.75) is 39.4 Å². The molecule has 0 spiro atoms. The van der Waals surface area contributed by atoms with Crippen LogP contribution in [0.2, 0.25) is 0 Å². The number of aryl methyl sites for hydroxylation is 2. The van der Waals surface area contributed by atoms with E-state index < -0.39 is 29.6 Å². The molecule has 0 radical (unpaired) electrons. The van der Waals surface area contributed by atoms with Gasteiger partial charge in [-0.1, -0.05) is 0 Å². The molecule has 1 fully saturated rings. The summed E-state index contributed by atoms with van der Waals surface area (Å²) in [6, 6.07) is -3.14. The quantitative estimate of drug-likeness (QED) is 0.862. The number of carboxylic acid groups (broad SMARTS) is 1. The topological polar surface area (TPSA) is 87.5 Å². The highest BCUT2D eigenvalue weighted by Gasteiger charge is 2.47. The Morgan fingerprint density at radius 1 is 1.36 bits per heavy atom. The number of hydrogen-bond acceptors (Lipinski definition) is 3. The molecule has 1 saturated heterocycles. The second-order valence-corrected chi connectivity index (χ2v) is 6.67. The molecule has 2 rings (SSSR count). The number of carboxylic acids is 1. The molecule has 10 heteroatoms. The molecule has 2 unspecified atom stereocenters. The van der Waals surface area contributed by atoms with E-state index in [-0.39, 0.29) is 30.8 Å². The molecular weight excluding hydrogens is 341 g/mol. The number of nitrogens with one attached hydrogen (secondary N) is 1. The highest BCUT2D eigenvalue weighted by atomic mass is 19.4. The number of carbonyl (C=O) groups is 2. The van der Waals surface area contributed by atoms with Crippen LogP contribution in [-0.4, -0.2) is 51.1 Å². The maximum Gasteiger partial charge on any atom is 0.413 e. The molecule has 0 bridgehead atoms. The van der Waals surface area contributed by atoms with Crippen molar-refractivity contribution in [3.8, 4) is 0 Å². The molecular formula is C15H21F3N4O3. The number of amides is 2. The van der Waals surface area contributed by atoms with Crippen molar-refractivity contribution < 1.29 is 27.9 Å². The number of aliphatic carboxylic acids is 1. The fraction of sp³-hybridized carbons (Fsp3) is 0.667. The lowest BCUT2D eigenvalue weighted by atomic mass is 9.90. The van der Waals surface area contributed by atoms with Crippen molar-refractivity contribution in [1.82, 2.24) is 20.0 Å². The van der Waals surface area contributed by atoms with E-state index in [0.29, 0.717) is 5.69 Å². The van der Waals surface area contributed by atoms with Crippen LogP contribution in [0.4, 0.5) is 18.0 Å². The maximum absolute atomic E-state index is 13.5. The zero-order chi connectivity index (χ0) is 19.2. The summed E-state index contributed by atoms with van der Waals surface area (Å²) in [5.74, 6) is -1.07. The number of nitrogens with zero attached hydrogens (tertiary/aromatic N) is 3. The summed E-state index contributed by atoms with van der Waals surface area (Å²) in [4.78, 5) is 24.7. The van der Waals surface area contributed by atoms with Gasteiger partial charge in [-0.15, -0.1) is 0 Å². The molecule has 0 aromatic carbocycles. The van der Waals surface area contributed by atoms with Crippen LogP contribution in [0, 0.1) is 19.3 Å². The van der Waals surface area contributed by atoms with E-state index in [2.05, 4.69) is 5.10 Å². The van der Waals surface area contributed by atoms with Gasteiger partial charge in [-0.3, -0.25) is 9.48 Å². The van der Waals surface area contributed by atoms with E-state index in [1.807, 2.05) is 5.32 Å². The molecule has 2 amide bonds. The van der Waals surface area contributed by atoms with Gasteiger partial charge in [0.2, 0.25) is 0 Å². The number of halogens is 3. The van der Waals surface area contributed by atoms with Crippen molar-refractivity contribution in [2.75, 3.05) is 13.1 Å². The summed E-state index contributed by atoms with van der Waals surface area (Å²) >= 11 is 0. The van der Waals surface area contributed by atoms with E-state index in [9.17, 15) is 27.9 Å². The first-order valence-electron chi connectivity index (χ1n) is 7.72. The minimum absolute atomic E-state index is 0.0875. The summed E-state index contributed by atoms with van der Waals surface area (Å²) in [5, 5.41) is 15.2. The Morgan fingerprint density at radius 2 is 1.96 bits per heavy atom. The summed E-state index contributed by atoms with van der Waals surface area (Å²) < 4.78 is 41.9. The predicted octanol–water partition coefficient (Wildman–Crippen LogP) is 2.15. The lowest BCUT2D eigenvalue weighted by Gasteiger charge is -2.26. The number of hydrogen-bond donors (Lipinski definition) is 2. The van der Waals surface area contributed by atoms with Gasteiger partial charge in [0.05, 0.1) is 11.1 Å². The molecule has 1 aliphatic heterocycles. The number of carbonyl (C=O) groups excluding carboxylic acids is 1. The van der Waals surface area contributed by atoms with Crippen LogP contribution in [0.15, 0.2) is 0 Å². The van der Waals surface area contributed by atoms with Gasteiger partial charge < -0.3 is 15.3 Å². The van der Waals surface area contributed by atoms with Crippen molar-refractivity contribution in [3.05, 3.63) is 17.0 Å². The first kappa shape index (κ1) is 19.1. The highest BCUT2D eigenvalue weighted by molar-refractivity contribution is 5.79. The number of rotatable bonds is 3. The molecule has 7 nitrogen and oxygen atoms in total. The monoisotopic (exact) mass is 362 g/mol. The zero-order valence-electron chi connectivity index (χ0n) is 14.4. The third-order valence-corrected chi connectivity index (χ3v) is 4.73. The summed E-state index contributed by atoms with van der Waals surface area (Å²) in [6.07, 6.45) is -4.51. The molecule has 2 N–H and O–H groups in total. The van der Waals surface area contributed by atoms with E-state index >= 15 is 0 Å². The molecule has 2 atom stereocenters. The molecule has 0 saturated carbocycles. The number of urea groups is 1. The lowest BCUT2D eigenvalue weighted by molar-refractivity contribution is -0.155. The van der Waals surface area contributed by atoms with Crippen LogP contribution >= 0.6 is 0 Å². The molecule has 1 aromatic rings. The van der Waals surface area contributed by atoms with E-state index in [0.717, 1.165) is 4.90 Å². The van der Waals surface area contributed by atoms with Crippen LogP contribution in [-0.2, 0) is 11.8 Å². The molecule has 1 aliphatic rings. The summed E-state index contributed by atoms with van der Waals surface area (Å²) in [6.45, 7) is 4.37. The van der Waals surface area contributed by atoms with Crippen LogP contribution in [0.3, 0.4) is 0 Å².